The molecule has 1 heterocycles. The molecule has 4 nitrogen and oxygen atoms in total. The third-order valence-electron chi connectivity index (χ3n) is 5.27. The summed E-state index contributed by atoms with van der Waals surface area (Å²) in [6.07, 6.45) is 6.20. The van der Waals surface area contributed by atoms with Gasteiger partial charge in [0.2, 0.25) is 0 Å². The molecule has 2 aromatic carbocycles. The minimum atomic E-state index is -3.56. The van der Waals surface area contributed by atoms with Crippen molar-refractivity contribution in [3.8, 4) is 0 Å². The van der Waals surface area contributed by atoms with Crippen LogP contribution < -0.4 is 9.62 Å². The Kier molecular flexibility index (Phi) is 6.81. The van der Waals surface area contributed by atoms with Gasteiger partial charge in [0.1, 0.15) is 6.04 Å². The molecule has 6 heteroatoms. The van der Waals surface area contributed by atoms with Crippen LogP contribution in [-0.2, 0) is 10.0 Å². The molecule has 2 aromatic rings. The van der Waals surface area contributed by atoms with Gasteiger partial charge in [0, 0.05) is 21.7 Å². The average molecular weight is 499 g/mol. The molecule has 0 saturated heterocycles. The number of sulfonamides is 1. The number of benzene rings is 2. The summed E-state index contributed by atoms with van der Waals surface area (Å²) in [6, 6.07) is 13.7. The van der Waals surface area contributed by atoms with Crippen LogP contribution >= 0.6 is 22.6 Å². The Morgan fingerprint density at radius 3 is 2.56 bits per heavy atom. The molecule has 0 aromatic heterocycles. The Hall–Kier alpha value is -1.12. The highest BCUT2D eigenvalue weighted by Gasteiger charge is 2.36. The van der Waals surface area contributed by atoms with E-state index >= 15 is 0 Å². The zero-order valence-electron chi connectivity index (χ0n) is 16.0. The Bertz CT molecular complexity index is 899. The minimum Gasteiger partial charge on any atom is -0.336 e. The normalized spacial score (nSPS) is 17.9. The van der Waals surface area contributed by atoms with Crippen LogP contribution in [0.15, 0.2) is 47.4 Å². The highest BCUT2D eigenvalue weighted by Crippen LogP contribution is 2.38. The first-order valence-electron chi connectivity index (χ1n) is 9.67. The van der Waals surface area contributed by atoms with E-state index in [0.717, 1.165) is 33.4 Å². The van der Waals surface area contributed by atoms with Crippen LogP contribution in [0.25, 0.3) is 0 Å². The predicted molar refractivity (Wildman–Crippen MR) is 119 cm³/mol. The van der Waals surface area contributed by atoms with Crippen LogP contribution in [0.3, 0.4) is 0 Å². The minimum absolute atomic E-state index is 0.000833. The van der Waals surface area contributed by atoms with E-state index in [9.17, 15) is 8.42 Å². The van der Waals surface area contributed by atoms with E-state index in [1.807, 2.05) is 30.3 Å². The summed E-state index contributed by atoms with van der Waals surface area (Å²) in [5.74, 6) is 0. The molecule has 0 fully saturated rings. The Morgan fingerprint density at radius 1 is 1.04 bits per heavy atom. The van der Waals surface area contributed by atoms with Gasteiger partial charge < -0.3 is 5.32 Å². The monoisotopic (exact) mass is 499 g/mol. The van der Waals surface area contributed by atoms with E-state index in [1.165, 1.54) is 30.0 Å². The van der Waals surface area contributed by atoms with Crippen molar-refractivity contribution in [1.82, 2.24) is 0 Å². The fourth-order valence-corrected chi connectivity index (χ4v) is 5.95. The number of fused-ring (bicyclic) bond motifs is 2. The van der Waals surface area contributed by atoms with E-state index in [0.29, 0.717) is 4.90 Å². The number of quaternary nitrogens is 1. The maximum absolute atomic E-state index is 13.2. The predicted octanol–water partition coefficient (Wildman–Crippen LogP) is 4.05. The highest BCUT2D eigenvalue weighted by molar-refractivity contribution is 14.1. The fraction of sp³-hybridized carbons (Fsp3) is 0.429. The molecule has 0 aliphatic carbocycles. The quantitative estimate of drug-likeness (QED) is 0.462. The lowest BCUT2D eigenvalue weighted by molar-refractivity contribution is -0.687. The largest absolute Gasteiger partial charge is 0.336 e. The Labute approximate surface area is 176 Å². The molecule has 0 saturated carbocycles. The van der Waals surface area contributed by atoms with Crippen molar-refractivity contribution in [2.24, 2.45) is 0 Å². The lowest BCUT2D eigenvalue weighted by Crippen LogP contribution is -2.85. The number of para-hydroxylation sites is 1. The molecular formula is C21H28IN2O2S+. The van der Waals surface area contributed by atoms with Gasteiger partial charge in [-0.05, 0) is 53.6 Å². The van der Waals surface area contributed by atoms with E-state index in [2.05, 4.69) is 40.9 Å². The van der Waals surface area contributed by atoms with Crippen molar-refractivity contribution in [3.63, 3.8) is 0 Å². The molecule has 1 aliphatic heterocycles. The zero-order valence-corrected chi connectivity index (χ0v) is 19.0. The summed E-state index contributed by atoms with van der Waals surface area (Å²) < 4.78 is 28.9. The molecule has 27 heavy (non-hydrogen) atoms. The van der Waals surface area contributed by atoms with Gasteiger partial charge in [0.25, 0.3) is 10.0 Å². The number of halogens is 1. The van der Waals surface area contributed by atoms with Crippen LogP contribution in [0.2, 0.25) is 0 Å². The molecule has 0 bridgehead atoms. The summed E-state index contributed by atoms with van der Waals surface area (Å²) in [6.45, 7) is 3.22. The number of rotatable bonds is 7. The van der Waals surface area contributed by atoms with Crippen molar-refractivity contribution in [2.45, 2.75) is 50.0 Å². The Balaban J connectivity index is 1.98. The first kappa shape index (κ1) is 20.6. The van der Waals surface area contributed by atoms with Crippen LogP contribution in [-0.4, -0.2) is 22.0 Å². The van der Waals surface area contributed by atoms with E-state index in [-0.39, 0.29) is 6.04 Å². The summed E-state index contributed by atoms with van der Waals surface area (Å²) in [5, 5.41) is 2.31. The number of anilines is 1. The summed E-state index contributed by atoms with van der Waals surface area (Å²) >= 11 is 2.18. The first-order chi connectivity index (χ1) is 13.0. The van der Waals surface area contributed by atoms with Gasteiger partial charge in [0.15, 0.2) is 0 Å². The second kappa shape index (κ2) is 8.92. The van der Waals surface area contributed by atoms with Crippen molar-refractivity contribution in [3.05, 3.63) is 57.2 Å². The van der Waals surface area contributed by atoms with E-state index in [4.69, 9.17) is 0 Å². The van der Waals surface area contributed by atoms with E-state index < -0.39 is 10.0 Å². The summed E-state index contributed by atoms with van der Waals surface area (Å²) in [5.41, 5.74) is 2.73. The number of hydrogen-bond donors (Lipinski definition) is 1. The fourth-order valence-electron chi connectivity index (χ4n) is 3.76. The Morgan fingerprint density at radius 2 is 1.78 bits per heavy atom. The molecule has 0 amide bonds. The van der Waals surface area contributed by atoms with Gasteiger partial charge in [-0.15, -0.1) is 0 Å². The molecule has 146 valence electrons. The van der Waals surface area contributed by atoms with Gasteiger partial charge in [-0.1, -0.05) is 50.5 Å². The molecule has 2 N–H and O–H groups in total. The second-order valence-corrected chi connectivity index (χ2v) is 10.3. The maximum Gasteiger partial charge on any atom is 0.264 e. The molecule has 3 rings (SSSR count). The molecule has 1 unspecified atom stereocenters. The van der Waals surface area contributed by atoms with E-state index in [1.54, 1.807) is 13.1 Å². The summed E-state index contributed by atoms with van der Waals surface area (Å²) in [4.78, 5) is 0.431. The first-order valence-corrected chi connectivity index (χ1v) is 12.2. The number of nitrogens with two attached hydrogens (primary N) is 1. The van der Waals surface area contributed by atoms with Gasteiger partial charge in [-0.2, -0.15) is 0 Å². The van der Waals surface area contributed by atoms with Crippen LogP contribution in [0, 0.1) is 3.57 Å². The molecule has 1 atom stereocenters. The SMILES string of the molecule is CCCCCCC[NH2+]C1c2ccccc2N(C)S(=O)(=O)c2cc(I)ccc21. The summed E-state index contributed by atoms with van der Waals surface area (Å²) in [7, 11) is -1.90. The standard InChI is InChI=1S/C21H27IN2O2S/c1-3-4-5-6-9-14-23-21-17-10-7-8-11-19(17)24(2)27(25,26)20-15-16(22)12-13-18(20)21/h7-8,10-13,15,21,23H,3-6,9,14H2,1-2H3/p+1. The number of unbranched alkanes of at least 4 members (excludes halogenated alkanes) is 4. The van der Waals surface area contributed by atoms with Gasteiger partial charge in [-0.25, -0.2) is 8.42 Å². The van der Waals surface area contributed by atoms with Crippen molar-refractivity contribution >= 4 is 38.3 Å². The van der Waals surface area contributed by atoms with Crippen molar-refractivity contribution in [2.75, 3.05) is 17.9 Å². The van der Waals surface area contributed by atoms with Crippen molar-refractivity contribution in [1.29, 1.82) is 0 Å². The third-order valence-corrected chi connectivity index (χ3v) is 7.77. The third kappa shape index (κ3) is 4.32. The molecule has 0 radical (unpaired) electrons. The molecular weight excluding hydrogens is 471 g/mol. The van der Waals surface area contributed by atoms with Crippen molar-refractivity contribution < 1.29 is 13.7 Å². The number of hydrogen-bond acceptors (Lipinski definition) is 2. The lowest BCUT2D eigenvalue weighted by atomic mass is 9.96. The maximum atomic E-state index is 13.2. The second-order valence-electron chi connectivity index (χ2n) is 7.13. The van der Waals surface area contributed by atoms with Gasteiger partial charge in [0.05, 0.1) is 17.1 Å². The van der Waals surface area contributed by atoms with Gasteiger partial charge >= 0.3 is 0 Å². The topological polar surface area (TPSA) is 54.0 Å². The smallest absolute Gasteiger partial charge is 0.264 e. The van der Waals surface area contributed by atoms with Crippen LogP contribution in [0.5, 0.6) is 0 Å². The average Bonchev–Trinajstić information content (AvgIpc) is 2.73. The number of nitrogens with zero attached hydrogens (tertiary/aromatic N) is 1. The van der Waals surface area contributed by atoms with Crippen LogP contribution in [0.1, 0.15) is 56.2 Å². The zero-order chi connectivity index (χ0) is 19.4. The lowest BCUT2D eigenvalue weighted by Gasteiger charge is -2.20. The molecule has 1 aliphatic rings. The van der Waals surface area contributed by atoms with Gasteiger partial charge in [-0.3, -0.25) is 4.31 Å². The molecule has 0 spiro atoms. The highest BCUT2D eigenvalue weighted by atomic mass is 127. The van der Waals surface area contributed by atoms with Crippen LogP contribution in [0.4, 0.5) is 5.69 Å².